The molecule has 0 fully saturated rings. The van der Waals surface area contributed by atoms with Crippen LogP contribution < -0.4 is 0 Å². The highest BCUT2D eigenvalue weighted by Gasteiger charge is 2.25. The van der Waals surface area contributed by atoms with Gasteiger partial charge >= 0.3 is 5.97 Å². The number of carboxylic acid groups (broad SMARTS) is 1. The van der Waals surface area contributed by atoms with Crippen molar-refractivity contribution in [2.45, 2.75) is 19.4 Å². The number of aromatic nitrogens is 1. The summed E-state index contributed by atoms with van der Waals surface area (Å²) in [6.45, 7) is 2.62. The van der Waals surface area contributed by atoms with E-state index < -0.39 is 12.0 Å². The van der Waals surface area contributed by atoms with Gasteiger partial charge in [-0.15, -0.1) is 0 Å². The van der Waals surface area contributed by atoms with E-state index in [9.17, 15) is 9.90 Å². The number of nitrogens with zero attached hydrogens (tertiary/aromatic N) is 2. The average Bonchev–Trinajstić information content (AvgIpc) is 2.48. The Hall–Kier alpha value is -2.20. The van der Waals surface area contributed by atoms with E-state index >= 15 is 0 Å². The highest BCUT2D eigenvalue weighted by Crippen LogP contribution is 2.23. The molecule has 110 valence electrons. The molecule has 0 aliphatic rings. The van der Waals surface area contributed by atoms with Gasteiger partial charge < -0.3 is 5.11 Å². The molecule has 0 bridgehead atoms. The molecule has 4 nitrogen and oxygen atoms in total. The first kappa shape index (κ1) is 15.2. The number of aliphatic carboxylic acids is 1. The van der Waals surface area contributed by atoms with E-state index in [1.165, 1.54) is 0 Å². The molecule has 21 heavy (non-hydrogen) atoms. The minimum Gasteiger partial charge on any atom is -0.480 e. The van der Waals surface area contributed by atoms with Gasteiger partial charge in [0.05, 0.1) is 0 Å². The molecule has 2 rings (SSSR count). The van der Waals surface area contributed by atoms with E-state index in [2.05, 4.69) is 4.98 Å². The van der Waals surface area contributed by atoms with Gasteiger partial charge in [0.15, 0.2) is 0 Å². The second-order valence-electron chi connectivity index (χ2n) is 5.18. The summed E-state index contributed by atoms with van der Waals surface area (Å²) in [7, 11) is 1.85. The summed E-state index contributed by atoms with van der Waals surface area (Å²) in [5.41, 5.74) is 3.01. The number of pyridine rings is 1. The fourth-order valence-corrected chi connectivity index (χ4v) is 2.44. The number of carboxylic acids is 1. The lowest BCUT2D eigenvalue weighted by molar-refractivity contribution is -0.143. The number of rotatable bonds is 6. The predicted octanol–water partition coefficient (Wildman–Crippen LogP) is 2.69. The second kappa shape index (κ2) is 6.99. The lowest BCUT2D eigenvalue weighted by atomic mass is 10.00. The van der Waals surface area contributed by atoms with Gasteiger partial charge in [-0.25, -0.2) is 0 Å². The fourth-order valence-electron chi connectivity index (χ4n) is 2.44. The molecule has 1 atom stereocenters. The Labute approximate surface area is 125 Å². The van der Waals surface area contributed by atoms with E-state index in [0.29, 0.717) is 6.54 Å². The minimum atomic E-state index is -0.818. The van der Waals surface area contributed by atoms with Crippen molar-refractivity contribution >= 4 is 5.97 Å². The third-order valence-electron chi connectivity index (χ3n) is 3.66. The van der Waals surface area contributed by atoms with Crippen LogP contribution in [0, 0.1) is 6.92 Å². The minimum absolute atomic E-state index is 0.618. The van der Waals surface area contributed by atoms with Crippen molar-refractivity contribution in [3.05, 3.63) is 65.5 Å². The number of carbonyl (C=O) groups is 1. The third-order valence-corrected chi connectivity index (χ3v) is 3.66. The standard InChI is InChI=1S/C17H20N2O2/c1-13-5-3-4-6-15(13)16(17(20)21)19(2)12-9-14-7-10-18-11-8-14/h3-8,10-11,16H,9,12H2,1-2H3,(H,20,21). The molecule has 0 aliphatic heterocycles. The van der Waals surface area contributed by atoms with Gasteiger partial charge in [-0.1, -0.05) is 24.3 Å². The number of benzene rings is 1. The molecule has 0 spiro atoms. The average molecular weight is 284 g/mol. The van der Waals surface area contributed by atoms with Crippen LogP contribution in [0.2, 0.25) is 0 Å². The molecular weight excluding hydrogens is 264 g/mol. The van der Waals surface area contributed by atoms with E-state index in [1.807, 2.05) is 55.3 Å². The van der Waals surface area contributed by atoms with Gasteiger partial charge in [-0.2, -0.15) is 0 Å². The molecule has 0 amide bonds. The van der Waals surface area contributed by atoms with Crippen molar-refractivity contribution in [3.63, 3.8) is 0 Å². The molecule has 1 aromatic carbocycles. The first-order chi connectivity index (χ1) is 10.1. The maximum absolute atomic E-state index is 11.7. The Morgan fingerprint density at radius 3 is 2.52 bits per heavy atom. The van der Waals surface area contributed by atoms with Crippen molar-refractivity contribution in [3.8, 4) is 0 Å². The van der Waals surface area contributed by atoms with Gasteiger partial charge in [0, 0.05) is 18.9 Å². The van der Waals surface area contributed by atoms with Crippen LogP contribution in [0.5, 0.6) is 0 Å². The highest BCUT2D eigenvalue weighted by atomic mass is 16.4. The molecule has 1 unspecified atom stereocenters. The van der Waals surface area contributed by atoms with Gasteiger partial charge in [0.25, 0.3) is 0 Å². The predicted molar refractivity (Wildman–Crippen MR) is 82.1 cm³/mol. The second-order valence-corrected chi connectivity index (χ2v) is 5.18. The third kappa shape index (κ3) is 3.89. The Morgan fingerprint density at radius 2 is 1.90 bits per heavy atom. The summed E-state index contributed by atoms with van der Waals surface area (Å²) in [5, 5.41) is 9.57. The van der Waals surface area contributed by atoms with Crippen LogP contribution in [0.1, 0.15) is 22.7 Å². The van der Waals surface area contributed by atoms with Crippen molar-refractivity contribution in [2.24, 2.45) is 0 Å². The summed E-state index contributed by atoms with van der Waals surface area (Å²) >= 11 is 0. The van der Waals surface area contributed by atoms with Gasteiger partial charge in [-0.3, -0.25) is 14.7 Å². The first-order valence-corrected chi connectivity index (χ1v) is 6.97. The maximum atomic E-state index is 11.7. The monoisotopic (exact) mass is 284 g/mol. The zero-order valence-electron chi connectivity index (χ0n) is 12.4. The number of hydrogen-bond donors (Lipinski definition) is 1. The van der Waals surface area contributed by atoms with Crippen molar-refractivity contribution in [2.75, 3.05) is 13.6 Å². The van der Waals surface area contributed by atoms with Gasteiger partial charge in [-0.05, 0) is 49.2 Å². The molecule has 0 saturated carbocycles. The Morgan fingerprint density at radius 1 is 1.24 bits per heavy atom. The Bertz CT molecular complexity index is 599. The van der Waals surface area contributed by atoms with Crippen LogP contribution in [-0.4, -0.2) is 34.6 Å². The molecule has 1 heterocycles. The first-order valence-electron chi connectivity index (χ1n) is 6.97. The van der Waals surface area contributed by atoms with Crippen LogP contribution in [0.25, 0.3) is 0 Å². The summed E-state index contributed by atoms with van der Waals surface area (Å²) in [6, 6.07) is 10.9. The molecule has 0 saturated heterocycles. The van der Waals surface area contributed by atoms with Crippen molar-refractivity contribution in [1.82, 2.24) is 9.88 Å². The number of likely N-dealkylation sites (N-methyl/N-ethyl adjacent to an activating group) is 1. The van der Waals surface area contributed by atoms with E-state index in [-0.39, 0.29) is 0 Å². The fraction of sp³-hybridized carbons (Fsp3) is 0.294. The molecule has 2 aromatic rings. The summed E-state index contributed by atoms with van der Waals surface area (Å²) in [6.07, 6.45) is 4.31. The van der Waals surface area contributed by atoms with E-state index in [1.54, 1.807) is 12.4 Å². The summed E-state index contributed by atoms with van der Waals surface area (Å²) in [5.74, 6) is -0.818. The molecule has 0 aliphatic carbocycles. The highest BCUT2D eigenvalue weighted by molar-refractivity contribution is 5.76. The van der Waals surface area contributed by atoms with Crippen LogP contribution in [0.15, 0.2) is 48.8 Å². The van der Waals surface area contributed by atoms with Crippen LogP contribution in [0.4, 0.5) is 0 Å². The van der Waals surface area contributed by atoms with Crippen LogP contribution in [0.3, 0.4) is 0 Å². The van der Waals surface area contributed by atoms with Crippen molar-refractivity contribution in [1.29, 1.82) is 0 Å². The number of aryl methyl sites for hydroxylation is 1. The lowest BCUT2D eigenvalue weighted by Gasteiger charge is -2.26. The molecule has 4 heteroatoms. The molecule has 1 N–H and O–H groups in total. The van der Waals surface area contributed by atoms with Gasteiger partial charge in [0.2, 0.25) is 0 Å². The zero-order chi connectivity index (χ0) is 15.2. The Kier molecular flexibility index (Phi) is 5.06. The number of hydrogen-bond acceptors (Lipinski definition) is 3. The summed E-state index contributed by atoms with van der Waals surface area (Å²) < 4.78 is 0. The smallest absolute Gasteiger partial charge is 0.325 e. The summed E-state index contributed by atoms with van der Waals surface area (Å²) in [4.78, 5) is 17.5. The molecule has 0 radical (unpaired) electrons. The molecule has 1 aromatic heterocycles. The van der Waals surface area contributed by atoms with E-state index in [0.717, 1.165) is 23.1 Å². The zero-order valence-corrected chi connectivity index (χ0v) is 12.4. The molecular formula is C17H20N2O2. The van der Waals surface area contributed by atoms with Crippen LogP contribution in [-0.2, 0) is 11.2 Å². The lowest BCUT2D eigenvalue weighted by Crippen LogP contribution is -2.33. The van der Waals surface area contributed by atoms with Crippen LogP contribution >= 0.6 is 0 Å². The van der Waals surface area contributed by atoms with Crippen molar-refractivity contribution < 1.29 is 9.90 Å². The topological polar surface area (TPSA) is 53.4 Å². The SMILES string of the molecule is Cc1ccccc1C(C(=O)O)N(C)CCc1ccncc1. The quantitative estimate of drug-likeness (QED) is 0.886. The van der Waals surface area contributed by atoms with E-state index in [4.69, 9.17) is 0 Å². The maximum Gasteiger partial charge on any atom is 0.325 e. The van der Waals surface area contributed by atoms with Gasteiger partial charge in [0.1, 0.15) is 6.04 Å². The Balaban J connectivity index is 2.12. The normalized spacial score (nSPS) is 12.3. The largest absolute Gasteiger partial charge is 0.480 e.